The van der Waals surface area contributed by atoms with Gasteiger partial charge in [0.05, 0.1) is 23.8 Å². The van der Waals surface area contributed by atoms with Gasteiger partial charge in [-0.2, -0.15) is 0 Å². The number of hydrogen-bond donors (Lipinski definition) is 1. The molecule has 1 aliphatic carbocycles. The number of halogens is 1. The van der Waals surface area contributed by atoms with Gasteiger partial charge < -0.3 is 14.9 Å². The Labute approximate surface area is 159 Å². The second-order valence-electron chi connectivity index (χ2n) is 8.23. The van der Waals surface area contributed by atoms with Crippen LogP contribution in [-0.4, -0.2) is 47.7 Å². The largest absolute Gasteiger partial charge is 0.393 e. The minimum absolute atomic E-state index is 0.208. The molecule has 1 spiro atoms. The Morgan fingerprint density at radius 2 is 1.78 bits per heavy atom. The third kappa shape index (κ3) is 3.29. The van der Waals surface area contributed by atoms with E-state index in [0.717, 1.165) is 51.5 Å². The summed E-state index contributed by atoms with van der Waals surface area (Å²) in [7, 11) is 0. The molecule has 1 saturated carbocycles. The first-order valence-electron chi connectivity index (χ1n) is 9.93. The molecule has 6 heteroatoms. The van der Waals surface area contributed by atoms with Crippen LogP contribution in [0.2, 0.25) is 0 Å². The highest BCUT2D eigenvalue weighted by molar-refractivity contribution is 5.85. The van der Waals surface area contributed by atoms with Crippen molar-refractivity contribution in [3.8, 4) is 0 Å². The van der Waals surface area contributed by atoms with Crippen LogP contribution in [0.5, 0.6) is 0 Å². The molecule has 0 bridgehead atoms. The van der Waals surface area contributed by atoms with Crippen molar-refractivity contribution in [3.05, 3.63) is 35.4 Å². The second kappa shape index (κ2) is 7.12. The summed E-state index contributed by atoms with van der Waals surface area (Å²) in [6.07, 6.45) is 5.55. The highest BCUT2D eigenvalue weighted by Crippen LogP contribution is 2.44. The van der Waals surface area contributed by atoms with Gasteiger partial charge in [0.15, 0.2) is 5.69 Å². The average Bonchev–Trinajstić information content (AvgIpc) is 2.99. The third-order valence-corrected chi connectivity index (χ3v) is 6.77. The molecular weight excluding hydrogens is 345 g/mol. The number of anilines is 1. The Morgan fingerprint density at radius 3 is 2.41 bits per heavy atom. The molecule has 1 aromatic carbocycles. The first-order chi connectivity index (χ1) is 13.0. The molecule has 2 aliphatic heterocycles. The number of carbonyl (C=O) groups is 1. The van der Waals surface area contributed by atoms with Gasteiger partial charge in [0.25, 0.3) is 0 Å². The number of aliphatic hydroxyl groups is 1. The Hall–Kier alpha value is -2.13. The number of likely N-dealkylation sites (tertiary alicyclic amines) is 1. The number of carbonyl (C=O) groups excluding carboxylic acids is 1. The van der Waals surface area contributed by atoms with E-state index in [1.165, 1.54) is 6.07 Å². The molecule has 2 saturated heterocycles. The van der Waals surface area contributed by atoms with Crippen LogP contribution in [0.1, 0.15) is 44.9 Å². The van der Waals surface area contributed by atoms with Gasteiger partial charge in [-0.3, -0.25) is 4.79 Å². The average molecular weight is 371 g/mol. The molecule has 3 aliphatic rings. The summed E-state index contributed by atoms with van der Waals surface area (Å²) in [6.45, 7) is 9.13. The van der Waals surface area contributed by atoms with Crippen LogP contribution >= 0.6 is 0 Å². The Morgan fingerprint density at radius 1 is 1.11 bits per heavy atom. The lowest BCUT2D eigenvalue weighted by Crippen LogP contribution is -2.47. The number of piperidine rings is 1. The van der Waals surface area contributed by atoms with Crippen LogP contribution < -0.4 is 4.90 Å². The van der Waals surface area contributed by atoms with Crippen molar-refractivity contribution < 1.29 is 14.3 Å². The van der Waals surface area contributed by atoms with E-state index in [0.29, 0.717) is 24.5 Å². The van der Waals surface area contributed by atoms with Gasteiger partial charge in [0, 0.05) is 25.7 Å². The smallest absolute Gasteiger partial charge is 0.229 e. The van der Waals surface area contributed by atoms with Crippen LogP contribution in [0.4, 0.5) is 15.8 Å². The van der Waals surface area contributed by atoms with Gasteiger partial charge >= 0.3 is 0 Å². The van der Waals surface area contributed by atoms with E-state index in [9.17, 15) is 14.3 Å². The predicted octanol–water partition coefficient (Wildman–Crippen LogP) is 3.50. The summed E-state index contributed by atoms with van der Waals surface area (Å²) >= 11 is 0. The van der Waals surface area contributed by atoms with Gasteiger partial charge in [0.1, 0.15) is 5.82 Å². The van der Waals surface area contributed by atoms with Crippen molar-refractivity contribution in [1.29, 1.82) is 0 Å². The van der Waals surface area contributed by atoms with Gasteiger partial charge in [-0.15, -0.1) is 0 Å². The Bertz CT molecular complexity index is 759. The first kappa shape index (κ1) is 18.2. The summed E-state index contributed by atoms with van der Waals surface area (Å²) in [5.41, 5.74) is 0.546. The summed E-state index contributed by atoms with van der Waals surface area (Å²) in [6, 6.07) is 4.89. The maximum absolute atomic E-state index is 14.3. The maximum Gasteiger partial charge on any atom is 0.229 e. The number of nitrogens with zero attached hydrogens (tertiary/aromatic N) is 3. The highest BCUT2D eigenvalue weighted by Gasteiger charge is 2.50. The Kier molecular flexibility index (Phi) is 4.81. The quantitative estimate of drug-likeness (QED) is 0.810. The zero-order chi connectivity index (χ0) is 19.0. The molecule has 2 heterocycles. The number of benzene rings is 1. The van der Waals surface area contributed by atoms with E-state index in [1.54, 1.807) is 12.1 Å². The van der Waals surface area contributed by atoms with Gasteiger partial charge in [-0.25, -0.2) is 9.24 Å². The van der Waals surface area contributed by atoms with Crippen LogP contribution in [0.15, 0.2) is 18.2 Å². The number of aliphatic hydroxyl groups excluding tert-OH is 1. The molecule has 1 aromatic rings. The molecule has 144 valence electrons. The fourth-order valence-electron chi connectivity index (χ4n) is 5.03. The molecule has 0 radical (unpaired) electrons. The zero-order valence-corrected chi connectivity index (χ0v) is 15.5. The van der Waals surface area contributed by atoms with E-state index in [4.69, 9.17) is 6.57 Å². The SMILES string of the molecule is [C-]#[N+]c1ccc(N2CCC3(CC2)CCN(C2CCC(O)CC2)C3=O)c(F)c1. The van der Waals surface area contributed by atoms with Gasteiger partial charge in [-0.05, 0) is 57.1 Å². The van der Waals surface area contributed by atoms with Crippen LogP contribution in [-0.2, 0) is 4.79 Å². The summed E-state index contributed by atoms with van der Waals surface area (Å²) in [4.78, 5) is 20.5. The predicted molar refractivity (Wildman–Crippen MR) is 101 cm³/mol. The molecule has 0 aromatic heterocycles. The van der Waals surface area contributed by atoms with Crippen molar-refractivity contribution in [1.82, 2.24) is 4.90 Å². The summed E-state index contributed by atoms with van der Waals surface area (Å²) in [5, 5.41) is 9.71. The van der Waals surface area contributed by atoms with E-state index in [-0.39, 0.29) is 29.3 Å². The maximum atomic E-state index is 14.3. The monoisotopic (exact) mass is 371 g/mol. The normalized spacial score (nSPS) is 27.8. The lowest BCUT2D eigenvalue weighted by molar-refractivity contribution is -0.139. The second-order valence-corrected chi connectivity index (χ2v) is 8.23. The fraction of sp³-hybridized carbons (Fsp3) is 0.619. The molecule has 27 heavy (non-hydrogen) atoms. The van der Waals surface area contributed by atoms with E-state index >= 15 is 0 Å². The topological polar surface area (TPSA) is 48.1 Å². The fourth-order valence-corrected chi connectivity index (χ4v) is 5.03. The van der Waals surface area contributed by atoms with E-state index in [2.05, 4.69) is 9.74 Å². The molecule has 1 N–H and O–H groups in total. The highest BCUT2D eigenvalue weighted by atomic mass is 19.1. The minimum atomic E-state index is -0.361. The zero-order valence-electron chi connectivity index (χ0n) is 15.5. The number of amides is 1. The molecule has 0 unspecified atom stereocenters. The number of rotatable bonds is 2. The lowest BCUT2D eigenvalue weighted by atomic mass is 9.77. The van der Waals surface area contributed by atoms with Crippen molar-refractivity contribution in [2.75, 3.05) is 24.5 Å². The van der Waals surface area contributed by atoms with Gasteiger partial charge in [-0.1, -0.05) is 6.07 Å². The van der Waals surface area contributed by atoms with E-state index in [1.807, 2.05) is 4.90 Å². The number of hydrogen-bond acceptors (Lipinski definition) is 3. The molecule has 1 amide bonds. The molecule has 0 atom stereocenters. The van der Waals surface area contributed by atoms with Crippen molar-refractivity contribution in [3.63, 3.8) is 0 Å². The summed E-state index contributed by atoms with van der Waals surface area (Å²) < 4.78 is 14.3. The van der Waals surface area contributed by atoms with E-state index < -0.39 is 0 Å². The Balaban J connectivity index is 1.41. The first-order valence-corrected chi connectivity index (χ1v) is 9.93. The van der Waals surface area contributed by atoms with Crippen LogP contribution in [0, 0.1) is 17.8 Å². The lowest BCUT2D eigenvalue weighted by Gasteiger charge is -2.40. The van der Waals surface area contributed by atoms with Crippen molar-refractivity contribution in [2.24, 2.45) is 5.41 Å². The van der Waals surface area contributed by atoms with Crippen LogP contribution in [0.3, 0.4) is 0 Å². The van der Waals surface area contributed by atoms with Crippen molar-refractivity contribution in [2.45, 2.75) is 57.1 Å². The van der Waals surface area contributed by atoms with Gasteiger partial charge in [0.2, 0.25) is 5.91 Å². The third-order valence-electron chi connectivity index (χ3n) is 6.77. The summed E-state index contributed by atoms with van der Waals surface area (Å²) in [5.74, 6) is -0.0908. The molecule has 3 fully saturated rings. The van der Waals surface area contributed by atoms with Crippen molar-refractivity contribution >= 4 is 17.3 Å². The minimum Gasteiger partial charge on any atom is -0.393 e. The van der Waals surface area contributed by atoms with Crippen LogP contribution in [0.25, 0.3) is 4.85 Å². The molecular formula is C21H26FN3O2. The standard InChI is InChI=1S/C21H26FN3O2/c1-23-15-2-7-19(18(22)14-15)24-11-8-21(9-12-24)10-13-25(20(21)27)16-3-5-17(26)6-4-16/h2,7,14,16-17,26H,3-6,8-13H2. The molecule has 5 nitrogen and oxygen atoms in total. The molecule has 4 rings (SSSR count).